The molecular weight excluding hydrogens is 674 g/mol. The van der Waals surface area contributed by atoms with E-state index in [1.807, 2.05) is 11.9 Å². The Balaban J connectivity index is 2.71. The van der Waals surface area contributed by atoms with Gasteiger partial charge in [0.15, 0.2) is 18.2 Å². The quantitative estimate of drug-likeness (QED) is 0.151. The van der Waals surface area contributed by atoms with Crippen LogP contribution < -0.4 is 0 Å². The lowest BCUT2D eigenvalue weighted by molar-refractivity contribution is -0.296. The van der Waals surface area contributed by atoms with Gasteiger partial charge in [0.25, 0.3) is 10.1 Å². The van der Waals surface area contributed by atoms with Gasteiger partial charge in [-0.05, 0) is 54.0 Å². The second-order valence-electron chi connectivity index (χ2n) is 14.5. The highest BCUT2D eigenvalue weighted by Crippen LogP contribution is 2.38. The molecule has 13 atom stereocenters. The minimum Gasteiger partial charge on any atom is -0.459 e. The summed E-state index contributed by atoms with van der Waals surface area (Å²) in [5, 5.41) is 23.8. The number of esters is 2. The molecule has 15 heteroatoms. The van der Waals surface area contributed by atoms with Crippen molar-refractivity contribution in [1.29, 1.82) is 0 Å². The predicted octanol–water partition coefficient (Wildman–Crippen LogP) is 2.02. The fourth-order valence-corrected chi connectivity index (χ4v) is 7.99. The molecule has 2 aliphatic heterocycles. The Hall–Kier alpha value is -2.45. The summed E-state index contributed by atoms with van der Waals surface area (Å²) in [5.74, 6) is -5.19. The summed E-state index contributed by atoms with van der Waals surface area (Å²) in [6.07, 6.45) is -0.389. The van der Waals surface area contributed by atoms with Crippen molar-refractivity contribution in [2.24, 2.45) is 23.7 Å². The van der Waals surface area contributed by atoms with Gasteiger partial charge < -0.3 is 29.2 Å². The van der Waals surface area contributed by atoms with Gasteiger partial charge in [-0.1, -0.05) is 27.7 Å². The number of ketones is 2. The van der Waals surface area contributed by atoms with Crippen LogP contribution in [0.15, 0.2) is 0 Å². The van der Waals surface area contributed by atoms with Crippen molar-refractivity contribution in [2.45, 2.75) is 142 Å². The average Bonchev–Trinajstić information content (AvgIpc) is 3.01. The van der Waals surface area contributed by atoms with Gasteiger partial charge >= 0.3 is 11.9 Å². The summed E-state index contributed by atoms with van der Waals surface area (Å²) in [6, 6.07) is -0.420. The van der Waals surface area contributed by atoms with Crippen LogP contribution in [0.5, 0.6) is 0 Å². The Labute approximate surface area is 297 Å². The van der Waals surface area contributed by atoms with Gasteiger partial charge in [0.2, 0.25) is 0 Å². The molecule has 286 valence electrons. The van der Waals surface area contributed by atoms with E-state index >= 15 is 0 Å². The maximum Gasteiger partial charge on any atom is 0.316 e. The lowest BCUT2D eigenvalue weighted by atomic mass is 9.74. The number of carbonyl (C=O) groups is 4. The average molecular weight is 732 g/mol. The van der Waals surface area contributed by atoms with Gasteiger partial charge in [-0.3, -0.25) is 28.3 Å². The van der Waals surface area contributed by atoms with E-state index in [2.05, 4.69) is 5.92 Å². The monoisotopic (exact) mass is 731 g/mol. The number of hydrogen-bond donors (Lipinski definition) is 2. The van der Waals surface area contributed by atoms with E-state index in [-0.39, 0.29) is 12.8 Å². The fourth-order valence-electron chi connectivity index (χ4n) is 7.25. The van der Waals surface area contributed by atoms with Crippen molar-refractivity contribution >= 4 is 33.6 Å². The highest BCUT2D eigenvalue weighted by Gasteiger charge is 2.53. The van der Waals surface area contributed by atoms with Gasteiger partial charge in [-0.2, -0.15) is 8.42 Å². The Morgan fingerprint density at radius 2 is 1.64 bits per heavy atom. The van der Waals surface area contributed by atoms with Crippen LogP contribution in [0.3, 0.4) is 0 Å². The Morgan fingerprint density at radius 3 is 2.16 bits per heavy atom. The molecule has 2 heterocycles. The van der Waals surface area contributed by atoms with Gasteiger partial charge in [-0.25, -0.2) is 0 Å². The first kappa shape index (κ1) is 43.7. The van der Waals surface area contributed by atoms with Crippen molar-refractivity contribution in [1.82, 2.24) is 4.90 Å². The zero-order valence-corrected chi connectivity index (χ0v) is 32.0. The molecule has 0 saturated carbocycles. The number of likely N-dealkylation sites (N-methyl/N-ethyl adjacent to an activating group) is 1. The van der Waals surface area contributed by atoms with Crippen LogP contribution in [0.1, 0.15) is 88.0 Å². The summed E-state index contributed by atoms with van der Waals surface area (Å²) in [6.45, 7) is 13.4. The summed E-state index contributed by atoms with van der Waals surface area (Å²) in [7, 11) is -2.42. The molecule has 0 spiro atoms. The van der Waals surface area contributed by atoms with Crippen molar-refractivity contribution in [3.05, 3.63) is 0 Å². The second-order valence-corrected chi connectivity index (χ2v) is 16.1. The van der Waals surface area contributed by atoms with E-state index in [0.29, 0.717) is 19.4 Å². The molecule has 0 radical (unpaired) electrons. The lowest BCUT2D eigenvalue weighted by Crippen LogP contribution is -2.61. The molecule has 0 amide bonds. The SMILES string of the molecule is C#CCCN(C)[C@H]1C[C@@H](C)O[C@@H](O[C@@H]2[C@@H](C)C(=O)[C@@H](C)C(=O)O[C@H](CC)[C@@](C)(O)[C@H](OS(C)(=O)=O)[C@@H](C)C(=O)[C@H](C)C[C@@]2(C)O)[C@@H]1OC(C)=O. The minimum absolute atomic E-state index is 0.0125. The summed E-state index contributed by atoms with van der Waals surface area (Å²) >= 11 is 0. The molecule has 0 bridgehead atoms. The Kier molecular flexibility index (Phi) is 15.2. The maximum absolute atomic E-state index is 14.0. The van der Waals surface area contributed by atoms with E-state index in [1.54, 1.807) is 13.8 Å². The van der Waals surface area contributed by atoms with E-state index in [1.165, 1.54) is 48.5 Å². The molecule has 2 N–H and O–H groups in total. The molecule has 2 fully saturated rings. The maximum atomic E-state index is 14.0. The summed E-state index contributed by atoms with van der Waals surface area (Å²) in [4.78, 5) is 55.7. The van der Waals surface area contributed by atoms with Crippen molar-refractivity contribution in [2.75, 3.05) is 19.8 Å². The van der Waals surface area contributed by atoms with Gasteiger partial charge in [0, 0.05) is 37.6 Å². The number of ether oxygens (including phenoxy) is 4. The first-order chi connectivity index (χ1) is 22.9. The lowest BCUT2D eigenvalue weighted by Gasteiger charge is -2.47. The molecule has 0 aliphatic carbocycles. The predicted molar refractivity (Wildman–Crippen MR) is 182 cm³/mol. The molecule has 0 unspecified atom stereocenters. The van der Waals surface area contributed by atoms with Crippen LogP contribution >= 0.6 is 0 Å². The highest BCUT2D eigenvalue weighted by molar-refractivity contribution is 7.86. The summed E-state index contributed by atoms with van der Waals surface area (Å²) in [5.41, 5.74) is -4.16. The molecule has 50 heavy (non-hydrogen) atoms. The number of carbonyl (C=O) groups excluding carboxylic acids is 4. The number of nitrogens with zero attached hydrogens (tertiary/aromatic N) is 1. The number of cyclic esters (lactones) is 1. The fraction of sp³-hybridized carbons (Fsp3) is 0.829. The number of hydrogen-bond acceptors (Lipinski definition) is 14. The number of terminal acetylenes is 1. The normalized spacial score (nSPS) is 39.7. The first-order valence-electron chi connectivity index (χ1n) is 17.1. The van der Waals surface area contributed by atoms with E-state index < -0.39 is 111 Å². The van der Waals surface area contributed by atoms with Gasteiger partial charge in [0.05, 0.1) is 30.1 Å². The molecule has 0 aromatic heterocycles. The number of rotatable bonds is 9. The number of Topliss-reactive ketones (excluding diaryl/α,β-unsaturated/α-hetero) is 2. The van der Waals surface area contributed by atoms with Crippen molar-refractivity contribution < 1.29 is 60.9 Å². The molecule has 14 nitrogen and oxygen atoms in total. The van der Waals surface area contributed by atoms with Crippen molar-refractivity contribution in [3.8, 4) is 12.3 Å². The molecule has 0 aromatic rings. The Bertz CT molecular complexity index is 1370. The van der Waals surface area contributed by atoms with Gasteiger partial charge in [0.1, 0.15) is 29.5 Å². The molecule has 2 aliphatic rings. The number of aliphatic hydroxyl groups is 2. The molecule has 0 aromatic carbocycles. The minimum atomic E-state index is -4.24. The topological polar surface area (TPSA) is 192 Å². The van der Waals surface area contributed by atoms with Crippen LogP contribution in [0.2, 0.25) is 0 Å². The van der Waals surface area contributed by atoms with Gasteiger partial charge in [-0.15, -0.1) is 12.3 Å². The Morgan fingerprint density at radius 1 is 1.06 bits per heavy atom. The second kappa shape index (κ2) is 17.4. The molecule has 2 saturated heterocycles. The smallest absolute Gasteiger partial charge is 0.316 e. The highest BCUT2D eigenvalue weighted by atomic mass is 32.2. The third-order valence-electron chi connectivity index (χ3n) is 9.88. The first-order valence-corrected chi connectivity index (χ1v) is 18.9. The van der Waals surface area contributed by atoms with E-state index in [4.69, 9.17) is 29.6 Å². The summed E-state index contributed by atoms with van der Waals surface area (Å²) < 4.78 is 54.0. The molecule has 2 rings (SSSR count). The van der Waals surface area contributed by atoms with Crippen LogP contribution in [0.4, 0.5) is 0 Å². The zero-order valence-electron chi connectivity index (χ0n) is 31.2. The van der Waals surface area contributed by atoms with Crippen LogP contribution in [-0.2, 0) is 52.4 Å². The third kappa shape index (κ3) is 10.8. The van der Waals surface area contributed by atoms with Crippen LogP contribution in [-0.4, -0.2) is 121 Å². The van der Waals surface area contributed by atoms with Crippen molar-refractivity contribution in [3.63, 3.8) is 0 Å². The third-order valence-corrected chi connectivity index (χ3v) is 10.4. The van der Waals surface area contributed by atoms with Crippen LogP contribution in [0, 0.1) is 36.0 Å². The largest absolute Gasteiger partial charge is 0.459 e. The zero-order chi connectivity index (χ0) is 38.5. The van der Waals surface area contributed by atoms with E-state index in [0.717, 1.165) is 6.26 Å². The van der Waals surface area contributed by atoms with Crippen LogP contribution in [0.25, 0.3) is 0 Å². The molecular formula is C35H57NO13S. The standard InChI is InChI=1S/C35H57NO13S/c1-13-15-16-36(11)25-17-20(4)45-33(29(25)46-24(8)37)48-30-22(6)28(39)23(7)32(40)47-26(14-2)35(10,42)31(49-50(12,43)44)21(5)27(38)19(3)18-34(30,9)41/h1,19-23,25-26,29-31,33,41-42H,14-18H2,2-12H3/t19-,20-,21+,22+,23-,25+,26-,29-,30-,31-,33+,34-,35-/m1/s1. The van der Waals surface area contributed by atoms with E-state index in [9.17, 15) is 37.8 Å².